The van der Waals surface area contributed by atoms with Crippen LogP contribution in [0.1, 0.15) is 59.3 Å². The average molecular weight is 240 g/mol. The summed E-state index contributed by atoms with van der Waals surface area (Å²) in [6.45, 7) is 13.3. The van der Waals surface area contributed by atoms with Crippen molar-refractivity contribution in [3.8, 4) is 0 Å². The molecule has 2 nitrogen and oxygen atoms in total. The van der Waals surface area contributed by atoms with Crippen LogP contribution in [-0.4, -0.2) is 37.6 Å². The lowest BCUT2D eigenvalue weighted by molar-refractivity contribution is 0.133. The topological polar surface area (TPSA) is 15.3 Å². The molecule has 1 heterocycles. The first-order chi connectivity index (χ1) is 8.20. The number of unbranched alkanes of at least 4 members (excludes halogenated alkanes) is 3. The lowest BCUT2D eigenvalue weighted by Crippen LogP contribution is -2.47. The zero-order valence-electron chi connectivity index (χ0n) is 12.2. The van der Waals surface area contributed by atoms with Crippen molar-refractivity contribution in [2.45, 2.75) is 59.3 Å². The molecule has 0 saturated carbocycles. The SMILES string of the molecule is CCCCCCC(C)(CC)CN1CCNCC1. The third-order valence-electron chi connectivity index (χ3n) is 4.30. The Labute approximate surface area is 108 Å². The van der Waals surface area contributed by atoms with Gasteiger partial charge in [-0.1, -0.05) is 46.5 Å². The highest BCUT2D eigenvalue weighted by atomic mass is 15.2. The second kappa shape index (κ2) is 8.10. The average Bonchev–Trinajstić information content (AvgIpc) is 2.36. The van der Waals surface area contributed by atoms with E-state index in [1.807, 2.05) is 0 Å². The fraction of sp³-hybridized carbons (Fsp3) is 1.00. The third kappa shape index (κ3) is 5.87. The molecule has 17 heavy (non-hydrogen) atoms. The van der Waals surface area contributed by atoms with E-state index in [2.05, 4.69) is 31.0 Å². The van der Waals surface area contributed by atoms with Gasteiger partial charge in [0.15, 0.2) is 0 Å². The lowest BCUT2D eigenvalue weighted by Gasteiger charge is -2.37. The van der Waals surface area contributed by atoms with E-state index >= 15 is 0 Å². The second-order valence-electron chi connectivity index (χ2n) is 6.00. The summed E-state index contributed by atoms with van der Waals surface area (Å²) in [5, 5.41) is 3.44. The molecule has 1 N–H and O–H groups in total. The fourth-order valence-electron chi connectivity index (χ4n) is 2.76. The molecule has 0 aromatic heterocycles. The summed E-state index contributed by atoms with van der Waals surface area (Å²) in [5.41, 5.74) is 0.547. The van der Waals surface area contributed by atoms with Crippen LogP contribution in [0.2, 0.25) is 0 Å². The van der Waals surface area contributed by atoms with Gasteiger partial charge in [0.25, 0.3) is 0 Å². The standard InChI is InChI=1S/C15H32N2/c1-4-6-7-8-9-15(3,5-2)14-17-12-10-16-11-13-17/h16H,4-14H2,1-3H3. The molecule has 102 valence electrons. The van der Waals surface area contributed by atoms with E-state index in [9.17, 15) is 0 Å². The van der Waals surface area contributed by atoms with E-state index in [1.54, 1.807) is 0 Å². The highest BCUT2D eigenvalue weighted by Crippen LogP contribution is 2.29. The summed E-state index contributed by atoms with van der Waals surface area (Å²) in [6.07, 6.45) is 8.34. The minimum absolute atomic E-state index is 0.547. The van der Waals surface area contributed by atoms with Gasteiger partial charge in [-0.25, -0.2) is 0 Å². The molecule has 0 aromatic rings. The Morgan fingerprint density at radius 3 is 2.35 bits per heavy atom. The van der Waals surface area contributed by atoms with Crippen LogP contribution in [0.3, 0.4) is 0 Å². The molecule has 1 aliphatic rings. The highest BCUT2D eigenvalue weighted by Gasteiger charge is 2.25. The van der Waals surface area contributed by atoms with E-state index in [0.717, 1.165) is 0 Å². The zero-order valence-corrected chi connectivity index (χ0v) is 12.2. The molecule has 0 spiro atoms. The Balaban J connectivity index is 2.27. The van der Waals surface area contributed by atoms with Crippen molar-refractivity contribution in [1.82, 2.24) is 10.2 Å². The van der Waals surface area contributed by atoms with Gasteiger partial charge in [-0.3, -0.25) is 0 Å². The first kappa shape index (κ1) is 15.0. The van der Waals surface area contributed by atoms with Crippen LogP contribution >= 0.6 is 0 Å². The summed E-state index contributed by atoms with van der Waals surface area (Å²) in [5.74, 6) is 0. The molecule has 1 aliphatic heterocycles. The van der Waals surface area contributed by atoms with Crippen molar-refractivity contribution in [3.63, 3.8) is 0 Å². The monoisotopic (exact) mass is 240 g/mol. The summed E-state index contributed by atoms with van der Waals surface area (Å²) in [7, 11) is 0. The van der Waals surface area contributed by atoms with Gasteiger partial charge in [0, 0.05) is 32.7 Å². The summed E-state index contributed by atoms with van der Waals surface area (Å²) in [4.78, 5) is 2.65. The minimum Gasteiger partial charge on any atom is -0.314 e. The molecule has 1 atom stereocenters. The van der Waals surface area contributed by atoms with Gasteiger partial charge >= 0.3 is 0 Å². The quantitative estimate of drug-likeness (QED) is 0.655. The van der Waals surface area contributed by atoms with Gasteiger partial charge in [-0.15, -0.1) is 0 Å². The third-order valence-corrected chi connectivity index (χ3v) is 4.30. The maximum absolute atomic E-state index is 3.44. The normalized spacial score (nSPS) is 21.4. The molecule has 0 aromatic carbocycles. The van der Waals surface area contributed by atoms with Crippen LogP contribution in [0.25, 0.3) is 0 Å². The predicted molar refractivity (Wildman–Crippen MR) is 76.5 cm³/mol. The molecular formula is C15H32N2. The Morgan fingerprint density at radius 2 is 1.76 bits per heavy atom. The molecule has 0 aliphatic carbocycles. The van der Waals surface area contributed by atoms with Crippen molar-refractivity contribution in [1.29, 1.82) is 0 Å². The molecular weight excluding hydrogens is 208 g/mol. The lowest BCUT2D eigenvalue weighted by atomic mass is 9.81. The fourth-order valence-corrected chi connectivity index (χ4v) is 2.76. The first-order valence-electron chi connectivity index (χ1n) is 7.63. The molecule has 0 radical (unpaired) electrons. The number of hydrogen-bond donors (Lipinski definition) is 1. The second-order valence-corrected chi connectivity index (χ2v) is 6.00. The summed E-state index contributed by atoms with van der Waals surface area (Å²) < 4.78 is 0. The maximum atomic E-state index is 3.44. The van der Waals surface area contributed by atoms with Crippen molar-refractivity contribution < 1.29 is 0 Å². The maximum Gasteiger partial charge on any atom is 0.0108 e. The molecule has 1 rings (SSSR count). The molecule has 1 fully saturated rings. The van der Waals surface area contributed by atoms with E-state index in [0.29, 0.717) is 5.41 Å². The summed E-state index contributed by atoms with van der Waals surface area (Å²) in [6, 6.07) is 0. The predicted octanol–water partition coefficient (Wildman–Crippen LogP) is 3.28. The number of nitrogens with one attached hydrogen (secondary N) is 1. The van der Waals surface area contributed by atoms with Crippen LogP contribution in [0, 0.1) is 5.41 Å². The summed E-state index contributed by atoms with van der Waals surface area (Å²) >= 11 is 0. The van der Waals surface area contributed by atoms with Crippen molar-refractivity contribution in [2.24, 2.45) is 5.41 Å². The Bertz CT molecular complexity index is 187. The van der Waals surface area contributed by atoms with Crippen molar-refractivity contribution >= 4 is 0 Å². The number of hydrogen-bond acceptors (Lipinski definition) is 2. The van der Waals surface area contributed by atoms with Gasteiger partial charge in [-0.05, 0) is 18.3 Å². The molecule has 1 saturated heterocycles. The molecule has 0 amide bonds. The number of rotatable bonds is 8. The van der Waals surface area contributed by atoms with Crippen LogP contribution in [0.15, 0.2) is 0 Å². The van der Waals surface area contributed by atoms with Crippen LogP contribution in [-0.2, 0) is 0 Å². The van der Waals surface area contributed by atoms with Crippen molar-refractivity contribution in [2.75, 3.05) is 32.7 Å². The van der Waals surface area contributed by atoms with Gasteiger partial charge in [0.2, 0.25) is 0 Å². The van der Waals surface area contributed by atoms with E-state index < -0.39 is 0 Å². The van der Waals surface area contributed by atoms with Crippen LogP contribution in [0.5, 0.6) is 0 Å². The smallest absolute Gasteiger partial charge is 0.0108 e. The van der Waals surface area contributed by atoms with E-state index in [-0.39, 0.29) is 0 Å². The van der Waals surface area contributed by atoms with Gasteiger partial charge < -0.3 is 10.2 Å². The van der Waals surface area contributed by atoms with E-state index in [4.69, 9.17) is 0 Å². The number of piperazine rings is 1. The Morgan fingerprint density at radius 1 is 1.06 bits per heavy atom. The van der Waals surface area contributed by atoms with E-state index in [1.165, 1.54) is 71.2 Å². The molecule has 0 bridgehead atoms. The zero-order chi connectivity index (χ0) is 12.6. The van der Waals surface area contributed by atoms with Crippen LogP contribution in [0.4, 0.5) is 0 Å². The minimum atomic E-state index is 0.547. The van der Waals surface area contributed by atoms with Gasteiger partial charge in [0.05, 0.1) is 0 Å². The molecule has 1 unspecified atom stereocenters. The largest absolute Gasteiger partial charge is 0.314 e. The van der Waals surface area contributed by atoms with Crippen molar-refractivity contribution in [3.05, 3.63) is 0 Å². The molecule has 2 heteroatoms. The first-order valence-corrected chi connectivity index (χ1v) is 7.63. The Kier molecular flexibility index (Phi) is 7.14. The van der Waals surface area contributed by atoms with Gasteiger partial charge in [0.1, 0.15) is 0 Å². The Hall–Kier alpha value is -0.0800. The van der Waals surface area contributed by atoms with Crippen LogP contribution < -0.4 is 5.32 Å². The van der Waals surface area contributed by atoms with Gasteiger partial charge in [-0.2, -0.15) is 0 Å². The highest BCUT2D eigenvalue weighted by molar-refractivity contribution is 4.79. The number of nitrogens with zero attached hydrogens (tertiary/aromatic N) is 1.